The van der Waals surface area contributed by atoms with Gasteiger partial charge in [0.15, 0.2) is 5.58 Å². The lowest BCUT2D eigenvalue weighted by Crippen LogP contribution is -2.29. The topological polar surface area (TPSA) is 102 Å². The van der Waals surface area contributed by atoms with Crippen molar-refractivity contribution in [3.63, 3.8) is 0 Å². The van der Waals surface area contributed by atoms with Crippen LogP contribution < -0.4 is 5.32 Å². The first-order valence-electron chi connectivity index (χ1n) is 6.06. The Morgan fingerprint density at radius 1 is 1.35 bits per heavy atom. The van der Waals surface area contributed by atoms with Crippen molar-refractivity contribution in [2.45, 2.75) is 6.42 Å². The van der Waals surface area contributed by atoms with Gasteiger partial charge in [-0.2, -0.15) is 0 Å². The second kappa shape index (κ2) is 6.67. The van der Waals surface area contributed by atoms with Gasteiger partial charge < -0.3 is 19.7 Å². The standard InChI is InChI=1S/C13H14N2O5/c16-12(14-5-6-19-8-13(17)18)7-10-9-3-1-2-4-11(9)20-15-10/h1-4H,5-8H2,(H,14,16)(H,17,18). The molecule has 0 saturated heterocycles. The fourth-order valence-electron chi connectivity index (χ4n) is 1.70. The van der Waals surface area contributed by atoms with E-state index >= 15 is 0 Å². The van der Waals surface area contributed by atoms with Crippen LogP contribution in [0.2, 0.25) is 0 Å². The first kappa shape index (κ1) is 14.0. The highest BCUT2D eigenvalue weighted by Crippen LogP contribution is 2.17. The van der Waals surface area contributed by atoms with Gasteiger partial charge in [-0.3, -0.25) is 4.79 Å². The molecule has 0 aliphatic rings. The largest absolute Gasteiger partial charge is 0.480 e. The molecule has 7 heteroatoms. The van der Waals surface area contributed by atoms with E-state index in [1.165, 1.54) is 0 Å². The number of carbonyl (C=O) groups excluding carboxylic acids is 1. The van der Waals surface area contributed by atoms with E-state index in [-0.39, 0.29) is 32.1 Å². The zero-order valence-electron chi connectivity index (χ0n) is 10.7. The molecule has 0 spiro atoms. The number of carbonyl (C=O) groups is 2. The van der Waals surface area contributed by atoms with E-state index in [0.29, 0.717) is 11.3 Å². The highest BCUT2D eigenvalue weighted by molar-refractivity contribution is 5.86. The number of hydrogen-bond donors (Lipinski definition) is 2. The monoisotopic (exact) mass is 278 g/mol. The molecule has 0 bridgehead atoms. The lowest BCUT2D eigenvalue weighted by atomic mass is 10.2. The maximum Gasteiger partial charge on any atom is 0.329 e. The molecule has 7 nitrogen and oxygen atoms in total. The Morgan fingerprint density at radius 3 is 2.95 bits per heavy atom. The smallest absolute Gasteiger partial charge is 0.329 e. The van der Waals surface area contributed by atoms with Gasteiger partial charge in [0.25, 0.3) is 0 Å². The maximum atomic E-state index is 11.7. The molecule has 1 heterocycles. The van der Waals surface area contributed by atoms with Crippen LogP contribution in [0.15, 0.2) is 28.8 Å². The van der Waals surface area contributed by atoms with E-state index in [1.54, 1.807) is 6.07 Å². The van der Waals surface area contributed by atoms with Crippen molar-refractivity contribution in [1.29, 1.82) is 0 Å². The van der Waals surface area contributed by atoms with Crippen LogP contribution in [0.25, 0.3) is 11.0 Å². The number of nitrogens with one attached hydrogen (secondary N) is 1. The van der Waals surface area contributed by atoms with Crippen LogP contribution in [0.1, 0.15) is 5.69 Å². The molecule has 1 aromatic heterocycles. The number of para-hydroxylation sites is 1. The van der Waals surface area contributed by atoms with Crippen LogP contribution in [0, 0.1) is 0 Å². The lowest BCUT2D eigenvalue weighted by Gasteiger charge is -2.03. The van der Waals surface area contributed by atoms with Gasteiger partial charge in [0.1, 0.15) is 12.3 Å². The summed E-state index contributed by atoms with van der Waals surface area (Å²) in [4.78, 5) is 21.9. The normalized spacial score (nSPS) is 10.6. The van der Waals surface area contributed by atoms with Crippen LogP contribution in [0.5, 0.6) is 0 Å². The molecule has 1 amide bonds. The molecule has 1 aromatic carbocycles. The van der Waals surface area contributed by atoms with Crippen LogP contribution in [0.3, 0.4) is 0 Å². The Bertz CT molecular complexity index is 608. The molecule has 20 heavy (non-hydrogen) atoms. The Morgan fingerprint density at radius 2 is 2.15 bits per heavy atom. The maximum absolute atomic E-state index is 11.7. The predicted molar refractivity (Wildman–Crippen MR) is 69.2 cm³/mol. The van der Waals surface area contributed by atoms with Gasteiger partial charge in [0.05, 0.1) is 13.0 Å². The van der Waals surface area contributed by atoms with Gasteiger partial charge in [0.2, 0.25) is 5.91 Å². The molecule has 0 radical (unpaired) electrons. The fraction of sp³-hybridized carbons (Fsp3) is 0.308. The third-order valence-corrected chi connectivity index (χ3v) is 2.57. The number of ether oxygens (including phenoxy) is 1. The number of hydrogen-bond acceptors (Lipinski definition) is 5. The summed E-state index contributed by atoms with van der Waals surface area (Å²) < 4.78 is 9.90. The number of aliphatic carboxylic acids is 1. The molecule has 0 aliphatic carbocycles. The zero-order valence-corrected chi connectivity index (χ0v) is 10.7. The minimum absolute atomic E-state index is 0.107. The summed E-state index contributed by atoms with van der Waals surface area (Å²) in [5.41, 5.74) is 1.21. The average Bonchev–Trinajstić information content (AvgIpc) is 2.81. The van der Waals surface area contributed by atoms with E-state index < -0.39 is 5.97 Å². The highest BCUT2D eigenvalue weighted by atomic mass is 16.5. The second-order valence-corrected chi connectivity index (χ2v) is 4.10. The van der Waals surface area contributed by atoms with Gasteiger partial charge in [-0.25, -0.2) is 4.79 Å². The number of aromatic nitrogens is 1. The van der Waals surface area contributed by atoms with Crippen molar-refractivity contribution in [3.05, 3.63) is 30.0 Å². The molecule has 106 valence electrons. The van der Waals surface area contributed by atoms with Crippen LogP contribution in [0.4, 0.5) is 0 Å². The number of fused-ring (bicyclic) bond motifs is 1. The molecule has 2 aromatic rings. The van der Waals surface area contributed by atoms with Crippen molar-refractivity contribution < 1.29 is 24.0 Å². The summed E-state index contributed by atoms with van der Waals surface area (Å²) in [5, 5.41) is 15.7. The Kier molecular flexibility index (Phi) is 4.67. The predicted octanol–water partition coefficient (Wildman–Crippen LogP) is 0.588. The number of carboxylic acid groups (broad SMARTS) is 1. The molecule has 0 atom stereocenters. The van der Waals surface area contributed by atoms with Crippen molar-refractivity contribution >= 4 is 22.8 Å². The van der Waals surface area contributed by atoms with Gasteiger partial charge in [-0.1, -0.05) is 17.3 Å². The minimum atomic E-state index is -1.04. The number of benzene rings is 1. The molecular formula is C13H14N2O5. The van der Waals surface area contributed by atoms with Crippen molar-refractivity contribution in [3.8, 4) is 0 Å². The molecule has 0 unspecified atom stereocenters. The summed E-state index contributed by atoms with van der Waals surface area (Å²) in [7, 11) is 0. The third-order valence-electron chi connectivity index (χ3n) is 2.57. The minimum Gasteiger partial charge on any atom is -0.480 e. The molecular weight excluding hydrogens is 264 g/mol. The lowest BCUT2D eigenvalue weighted by molar-refractivity contribution is -0.142. The summed E-state index contributed by atoms with van der Waals surface area (Å²) in [6.45, 7) is 0.0310. The molecule has 0 aliphatic heterocycles. The van der Waals surface area contributed by atoms with E-state index in [1.807, 2.05) is 18.2 Å². The van der Waals surface area contributed by atoms with Crippen molar-refractivity contribution in [2.24, 2.45) is 0 Å². The Labute approximate surface area is 114 Å². The van der Waals surface area contributed by atoms with E-state index in [0.717, 1.165) is 5.39 Å². The van der Waals surface area contributed by atoms with E-state index in [9.17, 15) is 9.59 Å². The quantitative estimate of drug-likeness (QED) is 0.719. The number of rotatable bonds is 7. The SMILES string of the molecule is O=C(O)COCCNC(=O)Cc1noc2ccccc12. The van der Waals surface area contributed by atoms with Crippen LogP contribution in [-0.4, -0.2) is 41.9 Å². The summed E-state index contributed by atoms with van der Waals surface area (Å²) in [6.07, 6.45) is 0.107. The van der Waals surface area contributed by atoms with Crippen LogP contribution in [-0.2, 0) is 20.7 Å². The molecule has 2 N–H and O–H groups in total. The highest BCUT2D eigenvalue weighted by Gasteiger charge is 2.11. The van der Waals surface area contributed by atoms with Crippen molar-refractivity contribution in [2.75, 3.05) is 19.8 Å². The Balaban J connectivity index is 1.78. The van der Waals surface area contributed by atoms with Gasteiger partial charge >= 0.3 is 5.97 Å². The number of amides is 1. The molecule has 0 saturated carbocycles. The summed E-state index contributed by atoms with van der Waals surface area (Å²) in [5.74, 6) is -1.26. The molecule has 2 rings (SSSR count). The van der Waals surface area contributed by atoms with Crippen LogP contribution >= 0.6 is 0 Å². The Hall–Kier alpha value is -2.41. The van der Waals surface area contributed by atoms with Gasteiger partial charge in [-0.05, 0) is 12.1 Å². The van der Waals surface area contributed by atoms with E-state index in [2.05, 4.69) is 10.5 Å². The fourth-order valence-corrected chi connectivity index (χ4v) is 1.70. The second-order valence-electron chi connectivity index (χ2n) is 4.10. The summed E-state index contributed by atoms with van der Waals surface area (Å²) >= 11 is 0. The average molecular weight is 278 g/mol. The third kappa shape index (κ3) is 3.79. The first-order chi connectivity index (χ1) is 9.66. The number of nitrogens with zero attached hydrogens (tertiary/aromatic N) is 1. The van der Waals surface area contributed by atoms with Gasteiger partial charge in [-0.15, -0.1) is 0 Å². The van der Waals surface area contributed by atoms with E-state index in [4.69, 9.17) is 14.4 Å². The zero-order chi connectivity index (χ0) is 14.4. The van der Waals surface area contributed by atoms with Crippen molar-refractivity contribution in [1.82, 2.24) is 10.5 Å². The first-order valence-corrected chi connectivity index (χ1v) is 6.06. The van der Waals surface area contributed by atoms with Gasteiger partial charge in [0, 0.05) is 11.9 Å². The number of carboxylic acids is 1. The summed E-state index contributed by atoms with van der Waals surface area (Å²) in [6, 6.07) is 7.30. The molecule has 0 fully saturated rings.